The summed E-state index contributed by atoms with van der Waals surface area (Å²) in [6.45, 7) is 2.12. The van der Waals surface area contributed by atoms with E-state index >= 15 is 0 Å². The van der Waals surface area contributed by atoms with E-state index < -0.39 is 17.3 Å². The molecule has 0 N–H and O–H groups in total. The molecule has 2 aromatic carbocycles. The van der Waals surface area contributed by atoms with Gasteiger partial charge in [0.1, 0.15) is 0 Å². The zero-order valence-corrected chi connectivity index (χ0v) is 15.3. The van der Waals surface area contributed by atoms with E-state index in [9.17, 15) is 18.0 Å². The van der Waals surface area contributed by atoms with Gasteiger partial charge in [0.2, 0.25) is 0 Å². The quantitative estimate of drug-likeness (QED) is 0.446. The summed E-state index contributed by atoms with van der Waals surface area (Å²) in [5.74, 6) is 0.680. The Balaban J connectivity index is 2.17. The van der Waals surface area contributed by atoms with E-state index in [0.717, 1.165) is 17.7 Å². The lowest BCUT2D eigenvalue weighted by Gasteiger charge is -2.14. The van der Waals surface area contributed by atoms with Gasteiger partial charge in [-0.05, 0) is 41.6 Å². The number of aromatic nitrogens is 2. The zero-order valence-electron chi connectivity index (χ0n) is 13.7. The van der Waals surface area contributed by atoms with Gasteiger partial charge in [-0.25, -0.2) is 4.98 Å². The molecule has 0 saturated carbocycles. The first-order valence-corrected chi connectivity index (χ1v) is 9.15. The van der Waals surface area contributed by atoms with Crippen LogP contribution in [0.5, 0.6) is 0 Å². The summed E-state index contributed by atoms with van der Waals surface area (Å²) < 4.78 is 40.4. The average Bonchev–Trinajstić information content (AvgIpc) is 2.59. The van der Waals surface area contributed by atoms with Gasteiger partial charge in [-0.15, -0.1) is 0 Å². The minimum absolute atomic E-state index is 0.0470. The molecule has 0 atom stereocenters. The van der Waals surface area contributed by atoms with Crippen LogP contribution in [0.3, 0.4) is 0 Å². The number of hydrogen-bond donors (Lipinski definition) is 0. The van der Waals surface area contributed by atoms with Crippen LogP contribution >= 0.6 is 23.4 Å². The summed E-state index contributed by atoms with van der Waals surface area (Å²) in [5, 5.41) is 0.990. The molecule has 26 heavy (non-hydrogen) atoms. The van der Waals surface area contributed by atoms with Crippen LogP contribution in [0, 0.1) is 0 Å². The van der Waals surface area contributed by atoms with Crippen molar-refractivity contribution in [2.24, 2.45) is 0 Å². The first kappa shape index (κ1) is 18.8. The zero-order chi connectivity index (χ0) is 18.9. The number of benzene rings is 2. The van der Waals surface area contributed by atoms with Crippen LogP contribution in [0.1, 0.15) is 18.1 Å². The molecule has 1 heterocycles. The minimum atomic E-state index is -4.52. The third-order valence-electron chi connectivity index (χ3n) is 3.77. The predicted molar refractivity (Wildman–Crippen MR) is 98.0 cm³/mol. The lowest BCUT2D eigenvalue weighted by atomic mass is 10.1. The molecule has 0 aliphatic carbocycles. The highest BCUT2D eigenvalue weighted by molar-refractivity contribution is 7.99. The molecule has 0 unspecified atom stereocenters. The Morgan fingerprint density at radius 1 is 1.15 bits per heavy atom. The Bertz CT molecular complexity index is 1000. The number of rotatable bonds is 4. The normalized spacial score (nSPS) is 11.9. The van der Waals surface area contributed by atoms with Gasteiger partial charge >= 0.3 is 6.18 Å². The van der Waals surface area contributed by atoms with Crippen molar-refractivity contribution in [3.8, 4) is 0 Å². The SMILES string of the molecule is CCSc1nc2ccc(C(F)(F)F)cc2c(=O)n1Cc1ccc(Cl)cc1. The molecule has 0 spiro atoms. The number of nitrogens with zero attached hydrogens (tertiary/aromatic N) is 2. The van der Waals surface area contributed by atoms with E-state index in [1.165, 1.54) is 22.4 Å². The van der Waals surface area contributed by atoms with Crippen molar-refractivity contribution in [2.45, 2.75) is 24.8 Å². The highest BCUT2D eigenvalue weighted by Crippen LogP contribution is 2.31. The number of halogens is 4. The van der Waals surface area contributed by atoms with Crippen LogP contribution < -0.4 is 5.56 Å². The Hall–Kier alpha value is -1.99. The van der Waals surface area contributed by atoms with Gasteiger partial charge in [-0.3, -0.25) is 9.36 Å². The number of fused-ring (bicyclic) bond motifs is 1. The van der Waals surface area contributed by atoms with E-state index in [1.807, 2.05) is 6.92 Å². The Morgan fingerprint density at radius 2 is 1.85 bits per heavy atom. The van der Waals surface area contributed by atoms with Gasteiger partial charge in [-0.2, -0.15) is 13.2 Å². The van der Waals surface area contributed by atoms with Crippen LogP contribution in [0.25, 0.3) is 10.9 Å². The van der Waals surface area contributed by atoms with Gasteiger partial charge in [0, 0.05) is 5.02 Å². The summed E-state index contributed by atoms with van der Waals surface area (Å²) in [6, 6.07) is 9.99. The third-order valence-corrected chi connectivity index (χ3v) is 4.88. The van der Waals surface area contributed by atoms with Crippen molar-refractivity contribution < 1.29 is 13.2 Å². The maximum Gasteiger partial charge on any atom is 0.416 e. The molecule has 8 heteroatoms. The second-order valence-electron chi connectivity index (χ2n) is 5.57. The maximum atomic E-state index is 13.0. The molecule has 3 aromatic rings. The van der Waals surface area contributed by atoms with E-state index in [0.29, 0.717) is 15.9 Å². The van der Waals surface area contributed by atoms with Crippen molar-refractivity contribution in [3.05, 3.63) is 69.0 Å². The molecule has 0 radical (unpaired) electrons. The summed E-state index contributed by atoms with van der Waals surface area (Å²) >= 11 is 7.24. The number of alkyl halides is 3. The second-order valence-corrected chi connectivity index (χ2v) is 7.24. The summed E-state index contributed by atoms with van der Waals surface area (Å²) in [7, 11) is 0. The van der Waals surface area contributed by atoms with Gasteiger partial charge in [-0.1, -0.05) is 42.4 Å². The van der Waals surface area contributed by atoms with Crippen molar-refractivity contribution >= 4 is 34.3 Å². The lowest BCUT2D eigenvalue weighted by molar-refractivity contribution is -0.137. The fourth-order valence-electron chi connectivity index (χ4n) is 2.53. The van der Waals surface area contributed by atoms with Gasteiger partial charge < -0.3 is 0 Å². The molecule has 0 aliphatic rings. The molecule has 3 nitrogen and oxygen atoms in total. The molecule has 136 valence electrons. The number of hydrogen-bond acceptors (Lipinski definition) is 3. The second kappa shape index (κ2) is 7.32. The van der Waals surface area contributed by atoms with E-state index in [2.05, 4.69) is 4.98 Å². The van der Waals surface area contributed by atoms with E-state index in [4.69, 9.17) is 11.6 Å². The highest BCUT2D eigenvalue weighted by Gasteiger charge is 2.31. The molecular weight excluding hydrogens is 385 g/mol. The standard InChI is InChI=1S/C18H14ClF3N2OS/c1-2-26-17-23-15-8-5-12(18(20,21)22)9-14(15)16(25)24(17)10-11-3-6-13(19)7-4-11/h3-9H,2,10H2,1H3. The van der Waals surface area contributed by atoms with Gasteiger partial charge in [0.25, 0.3) is 5.56 Å². The largest absolute Gasteiger partial charge is 0.416 e. The monoisotopic (exact) mass is 398 g/mol. The van der Waals surface area contributed by atoms with Crippen LogP contribution in [0.4, 0.5) is 13.2 Å². The highest BCUT2D eigenvalue weighted by atomic mass is 35.5. The van der Waals surface area contributed by atoms with E-state index in [-0.39, 0.29) is 17.4 Å². The molecule has 0 saturated heterocycles. The molecule has 0 amide bonds. The van der Waals surface area contributed by atoms with Crippen molar-refractivity contribution in [1.82, 2.24) is 9.55 Å². The minimum Gasteiger partial charge on any atom is -0.283 e. The fraction of sp³-hybridized carbons (Fsp3) is 0.222. The predicted octanol–water partition coefficient (Wildman–Crippen LogP) is 5.23. The first-order chi connectivity index (χ1) is 12.3. The Labute approximate surface area is 156 Å². The summed E-state index contributed by atoms with van der Waals surface area (Å²) in [5.41, 5.74) is -0.293. The van der Waals surface area contributed by atoms with Crippen molar-refractivity contribution in [1.29, 1.82) is 0 Å². The van der Waals surface area contributed by atoms with Gasteiger partial charge in [0.05, 0.1) is 23.0 Å². The topological polar surface area (TPSA) is 34.9 Å². The van der Waals surface area contributed by atoms with Crippen molar-refractivity contribution in [3.63, 3.8) is 0 Å². The third kappa shape index (κ3) is 3.88. The maximum absolute atomic E-state index is 13.0. The molecule has 0 aliphatic heterocycles. The molecule has 0 bridgehead atoms. The Morgan fingerprint density at radius 3 is 2.46 bits per heavy atom. The van der Waals surface area contributed by atoms with Crippen LogP contribution in [-0.4, -0.2) is 15.3 Å². The molecule has 3 rings (SSSR count). The molecule has 0 fully saturated rings. The molecule has 1 aromatic heterocycles. The fourth-order valence-corrected chi connectivity index (χ4v) is 3.38. The van der Waals surface area contributed by atoms with Crippen LogP contribution in [0.15, 0.2) is 52.4 Å². The number of thioether (sulfide) groups is 1. The summed E-state index contributed by atoms with van der Waals surface area (Å²) in [4.78, 5) is 17.3. The summed E-state index contributed by atoms with van der Waals surface area (Å²) in [6.07, 6.45) is -4.52. The van der Waals surface area contributed by atoms with Crippen LogP contribution in [0.2, 0.25) is 5.02 Å². The first-order valence-electron chi connectivity index (χ1n) is 7.78. The van der Waals surface area contributed by atoms with Gasteiger partial charge in [0.15, 0.2) is 5.16 Å². The van der Waals surface area contributed by atoms with E-state index in [1.54, 1.807) is 24.3 Å². The average molecular weight is 399 g/mol. The Kier molecular flexibility index (Phi) is 5.29. The smallest absolute Gasteiger partial charge is 0.283 e. The molecular formula is C18H14ClF3N2OS. The van der Waals surface area contributed by atoms with Crippen molar-refractivity contribution in [2.75, 3.05) is 5.75 Å². The van der Waals surface area contributed by atoms with Crippen LogP contribution in [-0.2, 0) is 12.7 Å². The lowest BCUT2D eigenvalue weighted by Crippen LogP contribution is -2.24.